The molecular weight excluding hydrogens is 280 g/mol. The van der Waals surface area contributed by atoms with Crippen molar-refractivity contribution >= 4 is 10.1 Å². The lowest BCUT2D eigenvalue weighted by Crippen LogP contribution is -2.35. The summed E-state index contributed by atoms with van der Waals surface area (Å²) < 4.78 is 34.7. The van der Waals surface area contributed by atoms with E-state index in [0.29, 0.717) is 0 Å². The minimum absolute atomic E-state index is 0.110. The van der Waals surface area contributed by atoms with Crippen LogP contribution >= 0.6 is 0 Å². The fraction of sp³-hybridized carbons (Fsp3) is 0.385. The Labute approximate surface area is 119 Å². The topological polar surface area (TPSA) is 59.1 Å². The zero-order valence-electron chi connectivity index (χ0n) is 11.9. The van der Waals surface area contributed by atoms with Crippen molar-refractivity contribution in [2.75, 3.05) is 21.1 Å². The molecule has 0 amide bonds. The van der Waals surface area contributed by atoms with Gasteiger partial charge >= 0.3 is 10.1 Å². The maximum Gasteiger partial charge on any atom is 0.301 e. The van der Waals surface area contributed by atoms with E-state index in [1.54, 1.807) is 24.1 Å². The molecule has 7 heteroatoms. The van der Waals surface area contributed by atoms with Crippen LogP contribution in [0.2, 0.25) is 0 Å². The zero-order chi connectivity index (χ0) is 14.9. The molecule has 1 aliphatic rings. The summed E-state index contributed by atoms with van der Waals surface area (Å²) in [5.41, 5.74) is 0.981. The van der Waals surface area contributed by atoms with Crippen molar-refractivity contribution in [2.24, 2.45) is 0 Å². The van der Waals surface area contributed by atoms with E-state index in [4.69, 9.17) is 8.92 Å². The largest absolute Gasteiger partial charge is 0.450 e. The number of nitrogens with zero attached hydrogens (tertiary/aromatic N) is 2. The summed E-state index contributed by atoms with van der Waals surface area (Å²) in [6.45, 7) is 1.89. The molecule has 1 heterocycles. The van der Waals surface area contributed by atoms with E-state index >= 15 is 0 Å². The van der Waals surface area contributed by atoms with E-state index in [-0.39, 0.29) is 4.90 Å². The van der Waals surface area contributed by atoms with Crippen molar-refractivity contribution in [2.45, 2.75) is 18.2 Å². The Bertz CT molecular complexity index is 608. The Morgan fingerprint density at radius 3 is 2.35 bits per heavy atom. The van der Waals surface area contributed by atoms with Crippen LogP contribution < -0.4 is 0 Å². The van der Waals surface area contributed by atoms with Gasteiger partial charge in [0.1, 0.15) is 12.1 Å². The third-order valence-corrected chi connectivity index (χ3v) is 4.21. The minimum atomic E-state index is -3.86. The van der Waals surface area contributed by atoms with Crippen molar-refractivity contribution in [1.29, 1.82) is 0 Å². The summed E-state index contributed by atoms with van der Waals surface area (Å²) in [5, 5.41) is 0. The highest BCUT2D eigenvalue weighted by molar-refractivity contribution is 7.86. The van der Waals surface area contributed by atoms with Crippen molar-refractivity contribution < 1.29 is 17.3 Å². The van der Waals surface area contributed by atoms with Crippen LogP contribution in [-0.4, -0.2) is 45.8 Å². The molecule has 1 aliphatic heterocycles. The molecule has 1 unspecified atom stereocenters. The SMILES string of the molecule is Cc1ccc(S(=O)(=O)OC2OC=C(N(C)C)N2C)cc1. The summed E-state index contributed by atoms with van der Waals surface area (Å²) in [6.07, 6.45) is 0.480. The first-order valence-corrected chi connectivity index (χ1v) is 7.48. The van der Waals surface area contributed by atoms with Crippen LogP contribution in [0.4, 0.5) is 0 Å². The molecule has 6 nitrogen and oxygen atoms in total. The highest BCUT2D eigenvalue weighted by atomic mass is 32.2. The van der Waals surface area contributed by atoms with E-state index < -0.39 is 16.5 Å². The molecule has 20 heavy (non-hydrogen) atoms. The van der Waals surface area contributed by atoms with Gasteiger partial charge in [0.2, 0.25) is 0 Å². The third kappa shape index (κ3) is 2.88. The van der Waals surface area contributed by atoms with Gasteiger partial charge in [-0.2, -0.15) is 8.42 Å². The van der Waals surface area contributed by atoms with E-state index in [9.17, 15) is 8.42 Å². The highest BCUT2D eigenvalue weighted by Crippen LogP contribution is 2.23. The molecule has 2 rings (SSSR count). The Balaban J connectivity index is 2.13. The first-order valence-electron chi connectivity index (χ1n) is 6.07. The molecule has 0 bridgehead atoms. The summed E-state index contributed by atoms with van der Waals surface area (Å²) in [5.74, 6) is 0.731. The van der Waals surface area contributed by atoms with E-state index in [1.807, 2.05) is 25.9 Å². The van der Waals surface area contributed by atoms with Gasteiger partial charge in [-0.3, -0.25) is 4.90 Å². The van der Waals surface area contributed by atoms with Gasteiger partial charge in [0.25, 0.3) is 6.41 Å². The quantitative estimate of drug-likeness (QED) is 0.781. The predicted octanol–water partition coefficient (Wildman–Crippen LogP) is 1.31. The monoisotopic (exact) mass is 298 g/mol. The Hall–Kier alpha value is -1.73. The smallest absolute Gasteiger partial charge is 0.301 e. The number of hydrogen-bond donors (Lipinski definition) is 0. The van der Waals surface area contributed by atoms with Crippen LogP contribution in [0, 0.1) is 6.92 Å². The van der Waals surface area contributed by atoms with Crippen LogP contribution in [0.25, 0.3) is 0 Å². The van der Waals surface area contributed by atoms with Gasteiger partial charge in [-0.1, -0.05) is 17.7 Å². The van der Waals surface area contributed by atoms with Gasteiger partial charge in [-0.05, 0) is 19.1 Å². The number of rotatable bonds is 4. The lowest BCUT2D eigenvalue weighted by molar-refractivity contribution is -0.0912. The predicted molar refractivity (Wildman–Crippen MR) is 73.9 cm³/mol. The van der Waals surface area contributed by atoms with Crippen LogP contribution in [0.5, 0.6) is 0 Å². The van der Waals surface area contributed by atoms with E-state index in [1.165, 1.54) is 18.4 Å². The molecular formula is C13H18N2O4S. The van der Waals surface area contributed by atoms with Crippen molar-refractivity contribution in [1.82, 2.24) is 9.80 Å². The summed E-state index contributed by atoms with van der Waals surface area (Å²) in [6, 6.07) is 6.47. The number of ether oxygens (including phenoxy) is 1. The molecule has 0 aromatic heterocycles. The van der Waals surface area contributed by atoms with Crippen molar-refractivity contribution in [3.63, 3.8) is 0 Å². The van der Waals surface area contributed by atoms with Gasteiger partial charge in [-0.15, -0.1) is 0 Å². The Kier molecular flexibility index (Phi) is 3.92. The molecule has 1 atom stereocenters. The van der Waals surface area contributed by atoms with E-state index in [0.717, 1.165) is 11.4 Å². The molecule has 0 saturated heterocycles. The zero-order valence-corrected chi connectivity index (χ0v) is 12.7. The lowest BCUT2D eigenvalue weighted by atomic mass is 10.2. The van der Waals surface area contributed by atoms with Gasteiger partial charge < -0.3 is 9.64 Å². The van der Waals surface area contributed by atoms with Crippen LogP contribution in [0.3, 0.4) is 0 Å². The lowest BCUT2D eigenvalue weighted by Gasteiger charge is -2.25. The molecule has 0 fully saturated rings. The van der Waals surface area contributed by atoms with Gasteiger partial charge in [0, 0.05) is 21.1 Å². The van der Waals surface area contributed by atoms with Crippen molar-refractivity contribution in [3.05, 3.63) is 41.9 Å². The maximum absolute atomic E-state index is 12.2. The molecule has 1 aromatic rings. The average Bonchev–Trinajstić information content (AvgIpc) is 2.71. The third-order valence-electron chi connectivity index (χ3n) is 2.94. The second kappa shape index (κ2) is 5.34. The molecule has 0 saturated carbocycles. The molecule has 0 N–H and O–H groups in total. The standard InChI is InChI=1S/C13H18N2O4S/c1-10-5-7-11(8-6-10)20(16,17)19-13-15(4)12(9-18-13)14(2)3/h5-9,13H,1-4H3. The van der Waals surface area contributed by atoms with E-state index in [2.05, 4.69) is 0 Å². The fourth-order valence-electron chi connectivity index (χ4n) is 1.78. The average molecular weight is 298 g/mol. The molecule has 110 valence electrons. The Morgan fingerprint density at radius 1 is 1.25 bits per heavy atom. The summed E-state index contributed by atoms with van der Waals surface area (Å²) in [4.78, 5) is 3.52. The summed E-state index contributed by atoms with van der Waals surface area (Å²) >= 11 is 0. The first-order chi connectivity index (χ1) is 9.31. The summed E-state index contributed by atoms with van der Waals surface area (Å²) in [7, 11) is 1.51. The van der Waals surface area contributed by atoms with Crippen LogP contribution in [-0.2, 0) is 19.0 Å². The van der Waals surface area contributed by atoms with Crippen molar-refractivity contribution in [3.8, 4) is 0 Å². The molecule has 0 spiro atoms. The maximum atomic E-state index is 12.2. The molecule has 1 aromatic carbocycles. The second-order valence-corrected chi connectivity index (χ2v) is 6.36. The second-order valence-electron chi connectivity index (χ2n) is 4.79. The molecule has 0 aliphatic carbocycles. The number of benzene rings is 1. The fourth-order valence-corrected chi connectivity index (χ4v) is 2.75. The van der Waals surface area contributed by atoms with Crippen LogP contribution in [0.15, 0.2) is 41.2 Å². The number of hydrogen-bond acceptors (Lipinski definition) is 6. The normalized spacial score (nSPS) is 18.7. The number of aryl methyl sites for hydroxylation is 1. The highest BCUT2D eigenvalue weighted by Gasteiger charge is 2.31. The minimum Gasteiger partial charge on any atom is -0.450 e. The first kappa shape index (κ1) is 14.7. The molecule has 0 radical (unpaired) electrons. The van der Waals surface area contributed by atoms with Crippen LogP contribution in [0.1, 0.15) is 5.56 Å². The Morgan fingerprint density at radius 2 is 1.85 bits per heavy atom. The van der Waals surface area contributed by atoms with Gasteiger partial charge in [-0.25, -0.2) is 4.18 Å². The van der Waals surface area contributed by atoms with Gasteiger partial charge in [0.05, 0.1) is 4.90 Å². The van der Waals surface area contributed by atoms with Gasteiger partial charge in [0.15, 0.2) is 0 Å².